The summed E-state index contributed by atoms with van der Waals surface area (Å²) >= 11 is 0. The smallest absolute Gasteiger partial charge is 0.408 e. The van der Waals surface area contributed by atoms with E-state index < -0.39 is 71.2 Å². The predicted molar refractivity (Wildman–Crippen MR) is 226 cm³/mol. The summed E-state index contributed by atoms with van der Waals surface area (Å²) in [6, 6.07) is 3.94. The van der Waals surface area contributed by atoms with Crippen LogP contribution >= 0.6 is 0 Å². The summed E-state index contributed by atoms with van der Waals surface area (Å²) in [5.74, 6) is -3.69. The van der Waals surface area contributed by atoms with Crippen molar-refractivity contribution in [1.29, 1.82) is 5.41 Å². The van der Waals surface area contributed by atoms with Crippen molar-refractivity contribution >= 4 is 41.8 Å². The highest BCUT2D eigenvalue weighted by molar-refractivity contribution is 5.95. The van der Waals surface area contributed by atoms with Gasteiger partial charge in [0.25, 0.3) is 0 Å². The van der Waals surface area contributed by atoms with Gasteiger partial charge in [0.1, 0.15) is 46.9 Å². The lowest BCUT2D eigenvalue weighted by molar-refractivity contribution is -0.134. The van der Waals surface area contributed by atoms with Gasteiger partial charge in [0.15, 0.2) is 5.96 Å². The number of rotatable bonds is 14. The summed E-state index contributed by atoms with van der Waals surface area (Å²) in [6.45, 7) is 10.5. The zero-order chi connectivity index (χ0) is 45.5. The highest BCUT2D eigenvalue weighted by Gasteiger charge is 2.33. The first-order valence-electron chi connectivity index (χ1n) is 20.1. The molecule has 0 unspecified atom stereocenters. The minimum absolute atomic E-state index is 0.0253. The summed E-state index contributed by atoms with van der Waals surface area (Å²) in [5.41, 5.74) is 10.9. The van der Waals surface area contributed by atoms with Gasteiger partial charge >= 0.3 is 12.2 Å². The molecule has 2 aromatic rings. The van der Waals surface area contributed by atoms with E-state index in [4.69, 9.17) is 26.4 Å². The molecule has 1 aliphatic rings. The van der Waals surface area contributed by atoms with Crippen molar-refractivity contribution in [2.45, 2.75) is 115 Å². The maximum Gasteiger partial charge on any atom is 0.408 e. The first kappa shape index (κ1) is 49.1. The number of hydrogen-bond donors (Lipinski definition) is 12. The van der Waals surface area contributed by atoms with E-state index in [1.165, 1.54) is 12.1 Å². The molecule has 0 fully saturated rings. The number of guanidine groups is 1. The van der Waals surface area contributed by atoms with Crippen LogP contribution in [0.2, 0.25) is 0 Å². The highest BCUT2D eigenvalue weighted by atomic mass is 16.6. The van der Waals surface area contributed by atoms with Gasteiger partial charge in [0, 0.05) is 39.0 Å². The van der Waals surface area contributed by atoms with Crippen LogP contribution in [0.5, 0.6) is 11.5 Å². The van der Waals surface area contributed by atoms with Crippen LogP contribution in [0.25, 0.3) is 11.1 Å². The van der Waals surface area contributed by atoms with Gasteiger partial charge in [-0.1, -0.05) is 12.1 Å². The van der Waals surface area contributed by atoms with Crippen molar-refractivity contribution in [3.8, 4) is 22.6 Å². The second-order valence-corrected chi connectivity index (χ2v) is 16.6. The average Bonchev–Trinajstić information content (AvgIpc) is 3.15. The molecule has 0 saturated carbocycles. The number of nitrogens with one attached hydrogen (secondary N) is 8. The van der Waals surface area contributed by atoms with E-state index in [1.54, 1.807) is 65.8 Å². The molecular weight excluding hydrogens is 793 g/mol. The lowest BCUT2D eigenvalue weighted by Gasteiger charge is -2.27. The Morgan fingerprint density at radius 2 is 1.38 bits per heavy atom. The SMILES string of the molecule is CC(C)(C)OC(=O)NCCC[C@@H]1NC(=O)[C@@H](NC(=O)OC(C)(C)C)Cc2cc(ccc2O)-c2ccc(O)c(c2)C[C@@H](C(=O)N[C@@H](CCCNC(=N)N)C(=O)NCCN)NC1=O. The zero-order valence-corrected chi connectivity index (χ0v) is 35.7. The number of phenolic OH excluding ortho intramolecular Hbond substituents is 2. The first-order chi connectivity index (χ1) is 28.5. The Morgan fingerprint density at radius 3 is 1.95 bits per heavy atom. The maximum atomic E-state index is 14.3. The fraction of sp³-hybridized carbons (Fsp3) is 0.537. The standard InChI is InChI=1S/C41H62N10O10/c1-40(2,3)60-38(58)47-17-8-10-28-34(55)50-29(35(56)48-27(33(54)45-18-15-42)9-7-16-46-37(43)44)21-25-19-23(11-13-31(25)52)24-12-14-32(53)26(20-24)22-30(36(57)49-28)51-39(59)61-41(4,5)6/h11-14,19-20,27-30,52-53H,7-10,15-18,21-22,42H2,1-6H3,(H,45,54)(H,47,58)(H,48,56)(H,49,57)(H,50,55)(H,51,59)(H4,43,44,46)/t27-,28-,29-,30-/m0/s1. The molecule has 3 rings (SSSR count). The lowest BCUT2D eigenvalue weighted by atomic mass is 9.95. The minimum Gasteiger partial charge on any atom is -0.508 e. The van der Waals surface area contributed by atoms with Crippen LogP contribution < -0.4 is 48.7 Å². The summed E-state index contributed by atoms with van der Waals surface area (Å²) in [4.78, 5) is 81.4. The largest absolute Gasteiger partial charge is 0.508 e. The van der Waals surface area contributed by atoms with Crippen LogP contribution in [-0.2, 0) is 41.5 Å². The van der Waals surface area contributed by atoms with Crippen LogP contribution in [-0.4, -0.2) is 114 Å². The minimum atomic E-state index is -1.44. The third-order valence-electron chi connectivity index (χ3n) is 9.01. The average molecular weight is 855 g/mol. The van der Waals surface area contributed by atoms with Crippen molar-refractivity contribution in [2.75, 3.05) is 26.2 Å². The third-order valence-corrected chi connectivity index (χ3v) is 9.01. The molecule has 1 aliphatic heterocycles. The van der Waals surface area contributed by atoms with Crippen molar-refractivity contribution in [3.05, 3.63) is 47.5 Å². The predicted octanol–water partition coefficient (Wildman–Crippen LogP) is 0.854. The molecule has 61 heavy (non-hydrogen) atoms. The van der Waals surface area contributed by atoms with Crippen LogP contribution in [0.4, 0.5) is 9.59 Å². The third kappa shape index (κ3) is 17.1. The van der Waals surface area contributed by atoms with Crippen molar-refractivity contribution in [1.82, 2.24) is 37.2 Å². The van der Waals surface area contributed by atoms with Crippen molar-refractivity contribution < 1.29 is 48.5 Å². The number of carbonyl (C=O) groups excluding carboxylic acids is 6. The van der Waals surface area contributed by atoms with Gasteiger partial charge in [0.05, 0.1) is 0 Å². The molecule has 2 aromatic carbocycles. The molecular formula is C41H62N10O10. The monoisotopic (exact) mass is 854 g/mol. The van der Waals surface area contributed by atoms with Gasteiger partial charge in [-0.15, -0.1) is 0 Å². The van der Waals surface area contributed by atoms with Crippen molar-refractivity contribution in [3.63, 3.8) is 0 Å². The van der Waals surface area contributed by atoms with Gasteiger partial charge < -0.3 is 68.4 Å². The number of nitrogens with two attached hydrogens (primary N) is 2. The van der Waals surface area contributed by atoms with Gasteiger partial charge in [-0.2, -0.15) is 0 Å². The Kier molecular flexibility index (Phi) is 18.0. The molecule has 4 bridgehead atoms. The van der Waals surface area contributed by atoms with E-state index in [2.05, 4.69) is 37.2 Å². The number of fused-ring (bicyclic) bond motifs is 5. The topological polar surface area (TPSA) is 321 Å². The number of hydrogen-bond acceptors (Lipinski definition) is 12. The zero-order valence-electron chi connectivity index (χ0n) is 35.7. The number of carbonyl (C=O) groups is 6. The van der Waals surface area contributed by atoms with Gasteiger partial charge in [-0.25, -0.2) is 9.59 Å². The molecule has 6 amide bonds. The van der Waals surface area contributed by atoms with E-state index in [0.29, 0.717) is 17.5 Å². The number of alkyl carbamates (subject to hydrolysis) is 2. The second-order valence-electron chi connectivity index (χ2n) is 16.6. The molecule has 336 valence electrons. The Hall–Kier alpha value is -6.31. The molecule has 0 spiro atoms. The molecule has 1 heterocycles. The fourth-order valence-electron chi connectivity index (χ4n) is 6.18. The summed E-state index contributed by atoms with van der Waals surface area (Å²) in [7, 11) is 0. The fourth-order valence-corrected chi connectivity index (χ4v) is 6.18. The number of amides is 6. The van der Waals surface area contributed by atoms with Crippen LogP contribution in [0.1, 0.15) is 78.4 Å². The number of ether oxygens (including phenoxy) is 2. The highest BCUT2D eigenvalue weighted by Crippen LogP contribution is 2.31. The van der Waals surface area contributed by atoms with E-state index in [-0.39, 0.29) is 86.9 Å². The molecule has 0 radical (unpaired) electrons. The first-order valence-corrected chi connectivity index (χ1v) is 20.1. The van der Waals surface area contributed by atoms with Crippen molar-refractivity contribution in [2.24, 2.45) is 11.5 Å². The van der Waals surface area contributed by atoms with E-state index >= 15 is 0 Å². The normalized spacial score (nSPS) is 17.5. The number of phenols is 2. The van der Waals surface area contributed by atoms with Gasteiger partial charge in [0.2, 0.25) is 23.6 Å². The molecule has 0 aliphatic carbocycles. The summed E-state index contributed by atoms with van der Waals surface area (Å²) < 4.78 is 10.7. The van der Waals surface area contributed by atoms with E-state index in [9.17, 15) is 39.0 Å². The molecule has 0 saturated heterocycles. The molecule has 0 aromatic heterocycles. The van der Waals surface area contributed by atoms with E-state index in [1.807, 2.05) is 0 Å². The maximum absolute atomic E-state index is 14.3. The number of benzene rings is 2. The second kappa shape index (κ2) is 22.3. The Bertz CT molecular complexity index is 1900. The van der Waals surface area contributed by atoms with Gasteiger partial charge in [-0.05, 0) is 114 Å². The van der Waals surface area contributed by atoms with Crippen LogP contribution in [0.15, 0.2) is 36.4 Å². The quantitative estimate of drug-likeness (QED) is 0.0714. The lowest BCUT2D eigenvalue weighted by Crippen LogP contribution is -2.59. The van der Waals surface area contributed by atoms with Crippen LogP contribution in [0, 0.1) is 5.41 Å². The Balaban J connectivity index is 2.11. The van der Waals surface area contributed by atoms with Gasteiger partial charge in [-0.3, -0.25) is 24.6 Å². The molecule has 14 N–H and O–H groups in total. The molecule has 4 atom stereocenters. The molecule has 20 heteroatoms. The molecule has 20 nitrogen and oxygen atoms in total. The Labute approximate surface area is 355 Å². The van der Waals surface area contributed by atoms with E-state index in [0.717, 1.165) is 0 Å². The number of aromatic hydroxyl groups is 2. The summed E-state index contributed by atoms with van der Waals surface area (Å²) in [5, 5.41) is 47.9. The van der Waals surface area contributed by atoms with Crippen LogP contribution in [0.3, 0.4) is 0 Å². The summed E-state index contributed by atoms with van der Waals surface area (Å²) in [6.07, 6.45) is -1.72. The Morgan fingerprint density at radius 1 is 0.803 bits per heavy atom.